The largest absolute Gasteiger partial charge is 0.354 e. The normalized spacial score (nSPS) is 11.6. The lowest BCUT2D eigenvalue weighted by Gasteiger charge is -2.31. The summed E-state index contributed by atoms with van der Waals surface area (Å²) in [5, 5.41) is 3.02. The molecule has 184 valence electrons. The second kappa shape index (κ2) is 14.3. The Kier molecular flexibility index (Phi) is 10.8. The van der Waals surface area contributed by atoms with Crippen molar-refractivity contribution in [3.63, 3.8) is 0 Å². The Labute approximate surface area is 211 Å². The maximum Gasteiger partial charge on any atom is 0.243 e. The lowest BCUT2D eigenvalue weighted by Crippen LogP contribution is -2.50. The van der Waals surface area contributed by atoms with E-state index in [1.807, 2.05) is 60.7 Å². The molecule has 0 aliphatic heterocycles. The van der Waals surface area contributed by atoms with Crippen molar-refractivity contribution in [1.82, 2.24) is 10.2 Å². The summed E-state index contributed by atoms with van der Waals surface area (Å²) in [4.78, 5) is 29.6. The molecule has 1 N–H and O–H groups in total. The van der Waals surface area contributed by atoms with Crippen LogP contribution in [0.4, 0.5) is 4.39 Å². The molecule has 0 heterocycles. The second-order valence-corrected chi connectivity index (χ2v) is 9.58. The highest BCUT2D eigenvalue weighted by Gasteiger charge is 2.30. The molecule has 0 saturated carbocycles. The SMILES string of the molecule is CCCCNC(=O)[C@@H](Cc1ccccc1)N(Cc1ccc(F)cc1)C(=O)CCSc1ccccc1. The van der Waals surface area contributed by atoms with Gasteiger partial charge in [0.15, 0.2) is 0 Å². The molecule has 3 aromatic carbocycles. The number of unbranched alkanes of at least 4 members (excludes halogenated alkanes) is 1. The highest BCUT2D eigenvalue weighted by atomic mass is 32.2. The molecule has 0 unspecified atom stereocenters. The van der Waals surface area contributed by atoms with Crippen LogP contribution in [0.1, 0.15) is 37.3 Å². The summed E-state index contributed by atoms with van der Waals surface area (Å²) >= 11 is 1.62. The molecular weight excluding hydrogens is 459 g/mol. The third-order valence-electron chi connectivity index (χ3n) is 5.69. The van der Waals surface area contributed by atoms with Gasteiger partial charge in [0, 0.05) is 36.6 Å². The van der Waals surface area contributed by atoms with E-state index in [9.17, 15) is 14.0 Å². The zero-order valence-electron chi connectivity index (χ0n) is 20.2. The molecule has 1 atom stereocenters. The number of hydrogen-bond donors (Lipinski definition) is 1. The van der Waals surface area contributed by atoms with Gasteiger partial charge in [-0.1, -0.05) is 74.0 Å². The molecule has 0 aliphatic rings. The predicted octanol–water partition coefficient (Wildman–Crippen LogP) is 5.86. The standard InChI is InChI=1S/C29H33FN2O2S/c1-2-3-19-31-29(34)27(21-23-10-6-4-7-11-23)32(22-24-14-16-25(30)17-15-24)28(33)18-20-35-26-12-8-5-9-13-26/h4-17,27H,2-3,18-22H2,1H3,(H,31,34)/t27-/m1/s1. The Morgan fingerprint density at radius 3 is 2.23 bits per heavy atom. The van der Waals surface area contributed by atoms with E-state index in [-0.39, 0.29) is 24.2 Å². The Bertz CT molecular complexity index is 1050. The smallest absolute Gasteiger partial charge is 0.243 e. The van der Waals surface area contributed by atoms with Crippen molar-refractivity contribution in [2.75, 3.05) is 12.3 Å². The number of hydrogen-bond acceptors (Lipinski definition) is 3. The number of carbonyl (C=O) groups is 2. The molecule has 0 aromatic heterocycles. The van der Waals surface area contributed by atoms with E-state index in [4.69, 9.17) is 0 Å². The van der Waals surface area contributed by atoms with Gasteiger partial charge in [0.2, 0.25) is 11.8 Å². The van der Waals surface area contributed by atoms with Crippen LogP contribution < -0.4 is 5.32 Å². The van der Waals surface area contributed by atoms with Crippen LogP contribution in [0, 0.1) is 5.82 Å². The first-order chi connectivity index (χ1) is 17.1. The van der Waals surface area contributed by atoms with Gasteiger partial charge in [0.25, 0.3) is 0 Å². The number of benzene rings is 3. The van der Waals surface area contributed by atoms with Gasteiger partial charge in [0.05, 0.1) is 0 Å². The van der Waals surface area contributed by atoms with E-state index in [1.54, 1.807) is 28.8 Å². The second-order valence-electron chi connectivity index (χ2n) is 8.41. The third kappa shape index (κ3) is 8.87. The van der Waals surface area contributed by atoms with Gasteiger partial charge in [0.1, 0.15) is 11.9 Å². The maximum atomic E-state index is 13.5. The zero-order chi connectivity index (χ0) is 24.9. The minimum Gasteiger partial charge on any atom is -0.354 e. The van der Waals surface area contributed by atoms with E-state index in [1.165, 1.54) is 12.1 Å². The van der Waals surface area contributed by atoms with Crippen LogP contribution >= 0.6 is 11.8 Å². The summed E-state index contributed by atoms with van der Waals surface area (Å²) in [6, 6.07) is 25.1. The van der Waals surface area contributed by atoms with Crippen LogP contribution in [0.5, 0.6) is 0 Å². The summed E-state index contributed by atoms with van der Waals surface area (Å²) in [5.74, 6) is 0.0278. The fourth-order valence-electron chi connectivity index (χ4n) is 3.76. The van der Waals surface area contributed by atoms with E-state index in [0.29, 0.717) is 25.1 Å². The Morgan fingerprint density at radius 2 is 1.57 bits per heavy atom. The van der Waals surface area contributed by atoms with Crippen LogP contribution in [0.15, 0.2) is 89.8 Å². The first-order valence-electron chi connectivity index (χ1n) is 12.1. The van der Waals surface area contributed by atoms with Crippen molar-refractivity contribution in [1.29, 1.82) is 0 Å². The molecule has 0 radical (unpaired) electrons. The van der Waals surface area contributed by atoms with Crippen LogP contribution in [0.3, 0.4) is 0 Å². The topological polar surface area (TPSA) is 49.4 Å². The number of halogens is 1. The number of nitrogens with zero attached hydrogens (tertiary/aromatic N) is 1. The van der Waals surface area contributed by atoms with Crippen molar-refractivity contribution < 1.29 is 14.0 Å². The number of thioether (sulfide) groups is 1. The monoisotopic (exact) mass is 492 g/mol. The number of amides is 2. The zero-order valence-corrected chi connectivity index (χ0v) is 21.0. The summed E-state index contributed by atoms with van der Waals surface area (Å²) in [6.45, 7) is 2.89. The highest BCUT2D eigenvalue weighted by Crippen LogP contribution is 2.21. The molecule has 0 saturated heterocycles. The number of rotatable bonds is 13. The Morgan fingerprint density at radius 1 is 0.914 bits per heavy atom. The van der Waals surface area contributed by atoms with Gasteiger partial charge < -0.3 is 10.2 Å². The van der Waals surface area contributed by atoms with Crippen molar-refractivity contribution >= 4 is 23.6 Å². The van der Waals surface area contributed by atoms with Crippen LogP contribution in [0.25, 0.3) is 0 Å². The van der Waals surface area contributed by atoms with Crippen LogP contribution in [-0.2, 0) is 22.6 Å². The van der Waals surface area contributed by atoms with Gasteiger partial charge >= 0.3 is 0 Å². The molecular formula is C29H33FN2O2S. The maximum absolute atomic E-state index is 13.5. The van der Waals surface area contributed by atoms with Gasteiger partial charge in [-0.25, -0.2) is 4.39 Å². The highest BCUT2D eigenvalue weighted by molar-refractivity contribution is 7.99. The molecule has 0 spiro atoms. The number of carbonyl (C=O) groups excluding carboxylic acids is 2. The van der Waals surface area contributed by atoms with Gasteiger partial charge in [-0.05, 0) is 41.8 Å². The minimum atomic E-state index is -0.659. The lowest BCUT2D eigenvalue weighted by atomic mass is 10.0. The molecule has 2 amide bonds. The molecule has 0 aliphatic carbocycles. The third-order valence-corrected chi connectivity index (χ3v) is 6.71. The Balaban J connectivity index is 1.82. The predicted molar refractivity (Wildman–Crippen MR) is 141 cm³/mol. The molecule has 3 rings (SSSR count). The molecule has 0 bridgehead atoms. The van der Waals surface area contributed by atoms with Gasteiger partial charge in [-0.3, -0.25) is 9.59 Å². The quantitative estimate of drug-likeness (QED) is 0.240. The molecule has 6 heteroatoms. The van der Waals surface area contributed by atoms with E-state index in [2.05, 4.69) is 12.2 Å². The summed E-state index contributed by atoms with van der Waals surface area (Å²) < 4.78 is 13.5. The van der Waals surface area contributed by atoms with Gasteiger partial charge in [-0.2, -0.15) is 0 Å². The van der Waals surface area contributed by atoms with Crippen molar-refractivity contribution in [3.8, 4) is 0 Å². The minimum absolute atomic E-state index is 0.0932. The molecule has 0 fully saturated rings. The first kappa shape index (κ1) is 26.5. The summed E-state index contributed by atoms with van der Waals surface area (Å²) in [6.07, 6.45) is 2.56. The summed E-state index contributed by atoms with van der Waals surface area (Å²) in [5.41, 5.74) is 1.77. The van der Waals surface area contributed by atoms with E-state index >= 15 is 0 Å². The number of nitrogens with one attached hydrogen (secondary N) is 1. The van der Waals surface area contributed by atoms with Crippen molar-refractivity contribution in [3.05, 3.63) is 102 Å². The van der Waals surface area contributed by atoms with Crippen molar-refractivity contribution in [2.45, 2.75) is 50.1 Å². The molecule has 35 heavy (non-hydrogen) atoms. The van der Waals surface area contributed by atoms with E-state index in [0.717, 1.165) is 28.9 Å². The fourth-order valence-corrected chi connectivity index (χ4v) is 4.63. The molecule has 4 nitrogen and oxygen atoms in total. The van der Waals surface area contributed by atoms with Crippen molar-refractivity contribution in [2.24, 2.45) is 0 Å². The average Bonchev–Trinajstić information content (AvgIpc) is 2.88. The van der Waals surface area contributed by atoms with Gasteiger partial charge in [-0.15, -0.1) is 11.8 Å². The fraction of sp³-hybridized carbons (Fsp3) is 0.310. The molecule has 3 aromatic rings. The van der Waals surface area contributed by atoms with Crippen LogP contribution in [-0.4, -0.2) is 35.1 Å². The van der Waals surface area contributed by atoms with Crippen LogP contribution in [0.2, 0.25) is 0 Å². The lowest BCUT2D eigenvalue weighted by molar-refractivity contribution is -0.141. The average molecular weight is 493 g/mol. The summed E-state index contributed by atoms with van der Waals surface area (Å²) in [7, 11) is 0. The van der Waals surface area contributed by atoms with E-state index < -0.39 is 6.04 Å². The first-order valence-corrected chi connectivity index (χ1v) is 13.1. The Hall–Kier alpha value is -3.12.